The van der Waals surface area contributed by atoms with Gasteiger partial charge in [0.15, 0.2) is 10.8 Å². The van der Waals surface area contributed by atoms with Gasteiger partial charge in [-0.1, -0.05) is 25.2 Å². The number of nitrogens with zero attached hydrogens (tertiary/aromatic N) is 6. The third-order valence-corrected chi connectivity index (χ3v) is 5.71. The molecule has 0 aliphatic carbocycles. The molecule has 0 radical (unpaired) electrons. The number of hydrogen-bond acceptors (Lipinski definition) is 7. The van der Waals surface area contributed by atoms with Gasteiger partial charge >= 0.3 is 0 Å². The van der Waals surface area contributed by atoms with Gasteiger partial charge in [0.1, 0.15) is 5.01 Å². The minimum atomic E-state index is 0.287. The van der Waals surface area contributed by atoms with Crippen LogP contribution >= 0.6 is 22.7 Å². The van der Waals surface area contributed by atoms with Crippen LogP contribution in [-0.2, 0) is 0 Å². The number of fused-ring (bicyclic) bond motifs is 1. The Balaban J connectivity index is 1.80. The van der Waals surface area contributed by atoms with E-state index in [9.17, 15) is 0 Å². The van der Waals surface area contributed by atoms with Crippen molar-refractivity contribution in [3.8, 4) is 20.5 Å². The lowest BCUT2D eigenvalue weighted by Crippen LogP contribution is -1.97. The van der Waals surface area contributed by atoms with Crippen LogP contribution in [0.5, 0.6) is 0 Å². The molecular formula is C15H14N6S2. The zero-order chi connectivity index (χ0) is 16.0. The molecule has 0 N–H and O–H groups in total. The summed E-state index contributed by atoms with van der Waals surface area (Å²) in [6.45, 7) is 6.20. The Morgan fingerprint density at radius 2 is 1.83 bits per heavy atom. The molecular weight excluding hydrogens is 328 g/mol. The first-order chi connectivity index (χ1) is 11.1. The highest BCUT2D eigenvalue weighted by Crippen LogP contribution is 2.37. The lowest BCUT2D eigenvalue weighted by Gasteiger charge is -1.97. The van der Waals surface area contributed by atoms with Gasteiger partial charge in [-0.15, -0.1) is 21.5 Å². The van der Waals surface area contributed by atoms with Gasteiger partial charge in [0.2, 0.25) is 4.96 Å². The summed E-state index contributed by atoms with van der Waals surface area (Å²) in [4.78, 5) is 10.6. The summed E-state index contributed by atoms with van der Waals surface area (Å²) >= 11 is 3.19. The first kappa shape index (κ1) is 14.4. The molecule has 116 valence electrons. The number of aryl methyl sites for hydroxylation is 1. The lowest BCUT2D eigenvalue weighted by molar-refractivity contribution is 0.727. The van der Waals surface area contributed by atoms with E-state index < -0.39 is 0 Å². The fourth-order valence-electron chi connectivity index (χ4n) is 2.30. The summed E-state index contributed by atoms with van der Waals surface area (Å²) < 4.78 is 1.84. The van der Waals surface area contributed by atoms with Gasteiger partial charge in [-0.2, -0.15) is 9.61 Å². The van der Waals surface area contributed by atoms with E-state index in [0.29, 0.717) is 0 Å². The van der Waals surface area contributed by atoms with Crippen molar-refractivity contribution in [1.29, 1.82) is 0 Å². The maximum absolute atomic E-state index is 4.70. The minimum absolute atomic E-state index is 0.287. The predicted molar refractivity (Wildman–Crippen MR) is 91.8 cm³/mol. The average Bonchev–Trinajstić information content (AvgIpc) is 3.20. The molecule has 0 aliphatic rings. The molecule has 0 bridgehead atoms. The van der Waals surface area contributed by atoms with Crippen LogP contribution in [0, 0.1) is 6.92 Å². The van der Waals surface area contributed by atoms with E-state index in [1.807, 2.05) is 23.6 Å². The molecule has 0 spiro atoms. The molecule has 0 fully saturated rings. The summed E-state index contributed by atoms with van der Waals surface area (Å²) in [5.74, 6) is 1.17. The van der Waals surface area contributed by atoms with Crippen molar-refractivity contribution in [2.75, 3.05) is 0 Å². The molecule has 0 saturated carbocycles. The van der Waals surface area contributed by atoms with Gasteiger partial charge in [-0.3, -0.25) is 4.98 Å². The fourth-order valence-corrected chi connectivity index (χ4v) is 4.34. The van der Waals surface area contributed by atoms with Gasteiger partial charge in [0.25, 0.3) is 0 Å². The van der Waals surface area contributed by atoms with Crippen LogP contribution < -0.4 is 0 Å². The van der Waals surface area contributed by atoms with E-state index in [4.69, 9.17) is 5.10 Å². The molecule has 4 heterocycles. The predicted octanol–water partition coefficient (Wildman–Crippen LogP) is 3.80. The zero-order valence-corrected chi connectivity index (χ0v) is 14.5. The van der Waals surface area contributed by atoms with Crippen molar-refractivity contribution in [3.05, 3.63) is 36.0 Å². The first-order valence-corrected chi connectivity index (χ1v) is 8.87. The van der Waals surface area contributed by atoms with Gasteiger partial charge in [0.05, 0.1) is 10.6 Å². The molecule has 23 heavy (non-hydrogen) atoms. The molecule has 8 heteroatoms. The molecule has 4 rings (SSSR count). The first-order valence-electron chi connectivity index (χ1n) is 7.24. The highest BCUT2D eigenvalue weighted by molar-refractivity contribution is 7.25. The van der Waals surface area contributed by atoms with E-state index in [1.165, 1.54) is 0 Å². The van der Waals surface area contributed by atoms with E-state index in [0.717, 1.165) is 36.9 Å². The molecule has 6 nitrogen and oxygen atoms in total. The molecule has 4 aromatic rings. The largest absolute Gasteiger partial charge is 0.265 e. The number of hydrogen-bond donors (Lipinski definition) is 0. The summed E-state index contributed by atoms with van der Waals surface area (Å²) in [6.07, 6.45) is 3.56. The molecule has 0 unspecified atom stereocenters. The topological polar surface area (TPSA) is 68.9 Å². The number of aromatic nitrogens is 6. The van der Waals surface area contributed by atoms with Crippen LogP contribution in [0.4, 0.5) is 0 Å². The van der Waals surface area contributed by atoms with Crippen LogP contribution in [0.1, 0.15) is 31.3 Å². The minimum Gasteiger partial charge on any atom is -0.265 e. The van der Waals surface area contributed by atoms with E-state index in [2.05, 4.69) is 34.0 Å². The van der Waals surface area contributed by atoms with Gasteiger partial charge in [-0.05, 0) is 19.1 Å². The van der Waals surface area contributed by atoms with Crippen molar-refractivity contribution in [2.24, 2.45) is 0 Å². The normalized spacial score (nSPS) is 11.7. The Labute approximate surface area is 140 Å². The van der Waals surface area contributed by atoms with Crippen LogP contribution in [0.25, 0.3) is 25.4 Å². The second-order valence-electron chi connectivity index (χ2n) is 5.48. The maximum atomic E-state index is 4.70. The Morgan fingerprint density at radius 1 is 1.04 bits per heavy atom. The monoisotopic (exact) mass is 342 g/mol. The number of thiazole rings is 1. The third kappa shape index (κ3) is 2.43. The second kappa shape index (κ2) is 5.47. The maximum Gasteiger partial charge on any atom is 0.235 e. The summed E-state index contributed by atoms with van der Waals surface area (Å²) in [5.41, 5.74) is 2.06. The Kier molecular flexibility index (Phi) is 3.42. The van der Waals surface area contributed by atoms with E-state index in [-0.39, 0.29) is 5.92 Å². The van der Waals surface area contributed by atoms with Crippen molar-refractivity contribution in [3.63, 3.8) is 0 Å². The van der Waals surface area contributed by atoms with Crippen molar-refractivity contribution >= 4 is 27.6 Å². The third-order valence-electron chi connectivity index (χ3n) is 3.45. The quantitative estimate of drug-likeness (QED) is 0.566. The molecule has 4 aromatic heterocycles. The van der Waals surface area contributed by atoms with Crippen molar-refractivity contribution in [1.82, 2.24) is 29.8 Å². The van der Waals surface area contributed by atoms with Crippen molar-refractivity contribution < 1.29 is 0 Å². The van der Waals surface area contributed by atoms with Gasteiger partial charge in [0, 0.05) is 23.9 Å². The zero-order valence-electron chi connectivity index (χ0n) is 12.9. The van der Waals surface area contributed by atoms with E-state index >= 15 is 0 Å². The van der Waals surface area contributed by atoms with Gasteiger partial charge < -0.3 is 0 Å². The highest BCUT2D eigenvalue weighted by atomic mass is 32.1. The number of rotatable bonds is 3. The van der Waals surface area contributed by atoms with Crippen LogP contribution in [0.2, 0.25) is 0 Å². The number of pyridine rings is 1. The van der Waals surface area contributed by atoms with Crippen molar-refractivity contribution in [2.45, 2.75) is 26.7 Å². The van der Waals surface area contributed by atoms with Crippen LogP contribution in [-0.4, -0.2) is 29.8 Å². The van der Waals surface area contributed by atoms with Crippen LogP contribution in [0.15, 0.2) is 24.5 Å². The molecule has 0 aliphatic heterocycles. The molecule has 0 aromatic carbocycles. The lowest BCUT2D eigenvalue weighted by atomic mass is 10.2. The Hall–Kier alpha value is -2.19. The van der Waals surface area contributed by atoms with Crippen LogP contribution in [0.3, 0.4) is 0 Å². The summed E-state index contributed by atoms with van der Waals surface area (Å²) in [5, 5.41) is 15.1. The summed E-state index contributed by atoms with van der Waals surface area (Å²) in [7, 11) is 0. The van der Waals surface area contributed by atoms with Gasteiger partial charge in [-0.25, -0.2) is 4.98 Å². The smallest absolute Gasteiger partial charge is 0.235 e. The fraction of sp³-hybridized carbons (Fsp3) is 0.267. The summed E-state index contributed by atoms with van der Waals surface area (Å²) in [6, 6.07) is 3.94. The SMILES string of the molecule is Cc1nc(-c2ccncc2)sc1-c1nn2c(C(C)C)nnc2s1. The molecule has 0 saturated heterocycles. The molecule has 0 atom stereocenters. The average molecular weight is 342 g/mol. The second-order valence-corrected chi connectivity index (χ2v) is 7.44. The Bertz CT molecular complexity index is 967. The molecule has 0 amide bonds. The highest BCUT2D eigenvalue weighted by Gasteiger charge is 2.19. The Morgan fingerprint density at radius 3 is 2.57 bits per heavy atom. The standard InChI is InChI=1S/C15H14N6S2/c1-8(2)12-18-19-15-21(12)20-14(23-15)11-9(3)17-13(22-11)10-4-6-16-7-5-10/h4-8H,1-3H3. The van der Waals surface area contributed by atoms with E-state index in [1.54, 1.807) is 35.1 Å².